The SMILES string of the molecule is COC(=O)CNCc1ccncc1.Cl. The molecule has 1 heterocycles. The number of hydrogen-bond donors (Lipinski definition) is 1. The highest BCUT2D eigenvalue weighted by atomic mass is 35.5. The summed E-state index contributed by atoms with van der Waals surface area (Å²) in [5, 5.41) is 2.95. The van der Waals surface area contributed by atoms with E-state index in [2.05, 4.69) is 15.0 Å². The van der Waals surface area contributed by atoms with Crippen LogP contribution in [0.15, 0.2) is 24.5 Å². The second-order valence-corrected chi connectivity index (χ2v) is 2.54. The number of hydrogen-bond acceptors (Lipinski definition) is 4. The number of pyridine rings is 1. The molecule has 0 unspecified atom stereocenters. The monoisotopic (exact) mass is 216 g/mol. The maximum atomic E-state index is 10.7. The van der Waals surface area contributed by atoms with Crippen molar-refractivity contribution in [2.24, 2.45) is 0 Å². The molecule has 0 aliphatic heterocycles. The van der Waals surface area contributed by atoms with Crippen molar-refractivity contribution >= 4 is 18.4 Å². The fourth-order valence-electron chi connectivity index (χ4n) is 0.882. The Labute approximate surface area is 89.1 Å². The zero-order valence-electron chi connectivity index (χ0n) is 7.90. The average molecular weight is 217 g/mol. The van der Waals surface area contributed by atoms with E-state index in [1.54, 1.807) is 12.4 Å². The molecule has 1 aromatic rings. The van der Waals surface area contributed by atoms with E-state index in [-0.39, 0.29) is 24.9 Å². The molecular weight excluding hydrogens is 204 g/mol. The molecule has 0 saturated carbocycles. The molecule has 0 saturated heterocycles. The van der Waals surface area contributed by atoms with E-state index in [1.165, 1.54) is 7.11 Å². The molecule has 0 spiro atoms. The van der Waals surface area contributed by atoms with Gasteiger partial charge in [0.25, 0.3) is 0 Å². The lowest BCUT2D eigenvalue weighted by Crippen LogP contribution is -2.23. The van der Waals surface area contributed by atoms with Crippen LogP contribution >= 0.6 is 12.4 Å². The molecule has 4 nitrogen and oxygen atoms in total. The molecule has 1 N–H and O–H groups in total. The van der Waals surface area contributed by atoms with Crippen LogP contribution in [-0.2, 0) is 16.1 Å². The normalized spacial score (nSPS) is 8.93. The zero-order valence-corrected chi connectivity index (χ0v) is 8.71. The zero-order chi connectivity index (χ0) is 9.52. The van der Waals surface area contributed by atoms with Crippen molar-refractivity contribution in [1.29, 1.82) is 0 Å². The van der Waals surface area contributed by atoms with Crippen molar-refractivity contribution in [3.63, 3.8) is 0 Å². The van der Waals surface area contributed by atoms with Crippen LogP contribution in [0.5, 0.6) is 0 Å². The third-order valence-electron chi connectivity index (χ3n) is 1.58. The topological polar surface area (TPSA) is 51.2 Å². The van der Waals surface area contributed by atoms with Gasteiger partial charge in [-0.1, -0.05) is 0 Å². The van der Waals surface area contributed by atoms with Gasteiger partial charge in [0, 0.05) is 18.9 Å². The van der Waals surface area contributed by atoms with Gasteiger partial charge >= 0.3 is 5.97 Å². The summed E-state index contributed by atoms with van der Waals surface area (Å²) in [6.07, 6.45) is 3.43. The number of aromatic nitrogens is 1. The molecule has 1 aromatic heterocycles. The second kappa shape index (κ2) is 7.29. The first-order valence-electron chi connectivity index (χ1n) is 3.99. The van der Waals surface area contributed by atoms with E-state index < -0.39 is 0 Å². The maximum absolute atomic E-state index is 10.7. The molecule has 78 valence electrons. The van der Waals surface area contributed by atoms with Gasteiger partial charge in [0.15, 0.2) is 0 Å². The minimum atomic E-state index is -0.256. The highest BCUT2D eigenvalue weighted by molar-refractivity contribution is 5.85. The van der Waals surface area contributed by atoms with Crippen molar-refractivity contribution < 1.29 is 9.53 Å². The summed E-state index contributed by atoms with van der Waals surface area (Å²) < 4.78 is 4.47. The van der Waals surface area contributed by atoms with Crippen molar-refractivity contribution in [1.82, 2.24) is 10.3 Å². The largest absolute Gasteiger partial charge is 0.468 e. The van der Waals surface area contributed by atoms with Gasteiger partial charge < -0.3 is 10.1 Å². The molecular formula is C9H13ClN2O2. The Morgan fingerprint density at radius 3 is 2.71 bits per heavy atom. The van der Waals surface area contributed by atoms with Gasteiger partial charge in [-0.3, -0.25) is 9.78 Å². The minimum absolute atomic E-state index is 0. The van der Waals surface area contributed by atoms with Crippen LogP contribution in [-0.4, -0.2) is 24.6 Å². The fraction of sp³-hybridized carbons (Fsp3) is 0.333. The van der Waals surface area contributed by atoms with Crippen molar-refractivity contribution in [2.75, 3.05) is 13.7 Å². The Hall–Kier alpha value is -1.13. The quantitative estimate of drug-likeness (QED) is 0.756. The summed E-state index contributed by atoms with van der Waals surface area (Å²) in [7, 11) is 1.37. The van der Waals surface area contributed by atoms with Crippen molar-refractivity contribution in [2.45, 2.75) is 6.54 Å². The Kier molecular flexibility index (Phi) is 6.70. The lowest BCUT2D eigenvalue weighted by atomic mass is 10.3. The molecule has 0 atom stereocenters. The van der Waals surface area contributed by atoms with Gasteiger partial charge in [0.2, 0.25) is 0 Å². The van der Waals surface area contributed by atoms with Crippen LogP contribution in [0.2, 0.25) is 0 Å². The number of carbonyl (C=O) groups excluding carboxylic acids is 1. The smallest absolute Gasteiger partial charge is 0.319 e. The first-order chi connectivity index (χ1) is 6.33. The van der Waals surface area contributed by atoms with E-state index >= 15 is 0 Å². The predicted octanol–water partition coefficient (Wildman–Crippen LogP) is 0.766. The van der Waals surface area contributed by atoms with Gasteiger partial charge in [0.05, 0.1) is 13.7 Å². The standard InChI is InChI=1S/C9H12N2O2.ClH/c1-13-9(12)7-11-6-8-2-4-10-5-3-8;/h2-5,11H,6-7H2,1H3;1H. The predicted molar refractivity (Wildman–Crippen MR) is 55.2 cm³/mol. The minimum Gasteiger partial charge on any atom is -0.468 e. The van der Waals surface area contributed by atoms with Gasteiger partial charge in [-0.25, -0.2) is 0 Å². The maximum Gasteiger partial charge on any atom is 0.319 e. The highest BCUT2D eigenvalue weighted by Crippen LogP contribution is 1.93. The molecule has 0 aliphatic carbocycles. The van der Waals surface area contributed by atoms with Gasteiger partial charge in [-0.05, 0) is 17.7 Å². The van der Waals surface area contributed by atoms with Gasteiger partial charge in [-0.2, -0.15) is 0 Å². The van der Waals surface area contributed by atoms with Gasteiger partial charge in [0.1, 0.15) is 0 Å². The summed E-state index contributed by atoms with van der Waals surface area (Å²) in [4.78, 5) is 14.6. The lowest BCUT2D eigenvalue weighted by molar-refractivity contribution is -0.139. The Bertz CT molecular complexity index is 267. The summed E-state index contributed by atoms with van der Waals surface area (Å²) in [6.45, 7) is 0.885. The van der Waals surface area contributed by atoms with Crippen LogP contribution in [0.4, 0.5) is 0 Å². The van der Waals surface area contributed by atoms with Crippen LogP contribution in [0.3, 0.4) is 0 Å². The first-order valence-corrected chi connectivity index (χ1v) is 3.99. The van der Waals surface area contributed by atoms with Crippen molar-refractivity contribution in [3.05, 3.63) is 30.1 Å². The Balaban J connectivity index is 0.00000169. The van der Waals surface area contributed by atoms with Crippen molar-refractivity contribution in [3.8, 4) is 0 Å². The number of ether oxygens (including phenoxy) is 1. The van der Waals surface area contributed by atoms with E-state index in [4.69, 9.17) is 0 Å². The van der Waals surface area contributed by atoms with Crippen LogP contribution in [0.25, 0.3) is 0 Å². The first kappa shape index (κ1) is 12.9. The van der Waals surface area contributed by atoms with Crippen LogP contribution in [0.1, 0.15) is 5.56 Å². The molecule has 0 fully saturated rings. The summed E-state index contributed by atoms with van der Waals surface area (Å²) in [5.74, 6) is -0.256. The van der Waals surface area contributed by atoms with Gasteiger partial charge in [-0.15, -0.1) is 12.4 Å². The number of rotatable bonds is 4. The molecule has 5 heteroatoms. The third-order valence-corrected chi connectivity index (χ3v) is 1.58. The fourth-order valence-corrected chi connectivity index (χ4v) is 0.882. The molecule has 1 rings (SSSR count). The summed E-state index contributed by atoms with van der Waals surface area (Å²) in [5.41, 5.74) is 1.10. The molecule has 0 bridgehead atoms. The third kappa shape index (κ3) is 4.79. The number of nitrogens with one attached hydrogen (secondary N) is 1. The van der Waals surface area contributed by atoms with E-state index in [0.717, 1.165) is 5.56 Å². The number of carbonyl (C=O) groups is 1. The van der Waals surface area contributed by atoms with Crippen LogP contribution < -0.4 is 5.32 Å². The molecule has 0 amide bonds. The Morgan fingerprint density at radius 2 is 2.14 bits per heavy atom. The number of nitrogens with zero attached hydrogens (tertiary/aromatic N) is 1. The molecule has 0 aliphatic rings. The number of methoxy groups -OCH3 is 1. The van der Waals surface area contributed by atoms with E-state index in [1.807, 2.05) is 12.1 Å². The summed E-state index contributed by atoms with van der Waals surface area (Å²) in [6, 6.07) is 3.79. The van der Waals surface area contributed by atoms with E-state index in [0.29, 0.717) is 6.54 Å². The molecule has 0 aromatic carbocycles. The number of halogens is 1. The molecule has 0 radical (unpaired) electrons. The highest BCUT2D eigenvalue weighted by Gasteiger charge is 1.97. The summed E-state index contributed by atoms with van der Waals surface area (Å²) >= 11 is 0. The lowest BCUT2D eigenvalue weighted by Gasteiger charge is -2.02. The second-order valence-electron chi connectivity index (χ2n) is 2.54. The average Bonchev–Trinajstić information content (AvgIpc) is 2.19. The van der Waals surface area contributed by atoms with E-state index in [9.17, 15) is 4.79 Å². The molecule has 14 heavy (non-hydrogen) atoms. The van der Waals surface area contributed by atoms with Crippen LogP contribution in [0, 0.1) is 0 Å². The number of esters is 1. The Morgan fingerprint density at radius 1 is 1.50 bits per heavy atom.